The number of imide groups is 1. The number of fused-ring (bicyclic) bond motifs is 1. The number of benzene rings is 2. The van der Waals surface area contributed by atoms with Crippen LogP contribution >= 0.6 is 15.9 Å². The molecule has 4 rings (SSSR count). The highest BCUT2D eigenvalue weighted by Gasteiger charge is 2.36. The lowest BCUT2D eigenvalue weighted by Crippen LogP contribution is -2.36. The number of carbonyl (C=O) groups is 2. The Labute approximate surface area is 165 Å². The third-order valence-electron chi connectivity index (χ3n) is 4.49. The molecule has 0 bridgehead atoms. The summed E-state index contributed by atoms with van der Waals surface area (Å²) in [6.07, 6.45) is 3.41. The molecule has 2 amide bonds. The summed E-state index contributed by atoms with van der Waals surface area (Å²) in [6, 6.07) is 18.3. The Balaban J connectivity index is 1.64. The van der Waals surface area contributed by atoms with E-state index in [0.717, 1.165) is 15.7 Å². The summed E-state index contributed by atoms with van der Waals surface area (Å²) in [5, 5.41) is 3.39. The lowest BCUT2D eigenvalue weighted by Gasteiger charge is -2.25. The largest absolute Gasteiger partial charge is 0.375 e. The second-order valence-corrected chi connectivity index (χ2v) is 7.18. The van der Waals surface area contributed by atoms with Gasteiger partial charge in [-0.15, -0.1) is 0 Å². The van der Waals surface area contributed by atoms with E-state index in [1.807, 2.05) is 36.4 Å². The predicted molar refractivity (Wildman–Crippen MR) is 107 cm³/mol. The van der Waals surface area contributed by atoms with Crippen LogP contribution in [0.4, 0.5) is 5.69 Å². The van der Waals surface area contributed by atoms with Crippen LogP contribution in [0.3, 0.4) is 0 Å². The summed E-state index contributed by atoms with van der Waals surface area (Å²) in [7, 11) is 0. The first kappa shape index (κ1) is 17.4. The zero-order valence-electron chi connectivity index (χ0n) is 14.3. The highest BCUT2D eigenvalue weighted by atomic mass is 79.9. The number of aromatic nitrogens is 1. The van der Waals surface area contributed by atoms with Crippen molar-refractivity contribution in [3.63, 3.8) is 0 Å². The van der Waals surface area contributed by atoms with Crippen molar-refractivity contribution in [3.05, 3.63) is 94.2 Å². The minimum atomic E-state index is -0.260. The molecule has 134 valence electrons. The third-order valence-corrected chi connectivity index (χ3v) is 4.92. The number of nitrogens with zero attached hydrogens (tertiary/aromatic N) is 2. The Morgan fingerprint density at radius 1 is 0.926 bits per heavy atom. The molecule has 1 aliphatic heterocycles. The Morgan fingerprint density at radius 3 is 2.19 bits per heavy atom. The van der Waals surface area contributed by atoms with Gasteiger partial charge in [0.2, 0.25) is 0 Å². The third kappa shape index (κ3) is 3.48. The maximum atomic E-state index is 12.7. The molecule has 0 fully saturated rings. The van der Waals surface area contributed by atoms with Gasteiger partial charge in [0.15, 0.2) is 0 Å². The minimum absolute atomic E-state index is 0.225. The van der Waals surface area contributed by atoms with Gasteiger partial charge in [-0.1, -0.05) is 42.5 Å². The monoisotopic (exact) mass is 421 g/mol. The molecule has 2 aromatic carbocycles. The lowest BCUT2D eigenvalue weighted by molar-refractivity contribution is 0.0648. The van der Waals surface area contributed by atoms with Gasteiger partial charge in [-0.25, -0.2) is 0 Å². The number of hydrogen-bond donors (Lipinski definition) is 1. The fourth-order valence-electron chi connectivity index (χ4n) is 3.20. The Morgan fingerprint density at radius 2 is 1.56 bits per heavy atom. The first-order valence-electron chi connectivity index (χ1n) is 8.51. The molecule has 3 aromatic rings. The summed E-state index contributed by atoms with van der Waals surface area (Å²) < 4.78 is 0.847. The van der Waals surface area contributed by atoms with Crippen LogP contribution in [0.25, 0.3) is 0 Å². The number of carbonyl (C=O) groups excluding carboxylic acids is 2. The quantitative estimate of drug-likeness (QED) is 0.624. The van der Waals surface area contributed by atoms with Crippen molar-refractivity contribution in [3.8, 4) is 0 Å². The maximum absolute atomic E-state index is 12.7. The van der Waals surface area contributed by atoms with Crippen LogP contribution in [-0.4, -0.2) is 28.2 Å². The number of nitrogens with one attached hydrogen (secondary N) is 1. The van der Waals surface area contributed by atoms with Gasteiger partial charge in [0, 0.05) is 10.7 Å². The number of rotatable bonds is 5. The fraction of sp³-hybridized carbons (Fsp3) is 0.0952. The van der Waals surface area contributed by atoms with Crippen LogP contribution in [0.1, 0.15) is 32.3 Å². The van der Waals surface area contributed by atoms with Crippen LogP contribution in [0.5, 0.6) is 0 Å². The molecule has 1 N–H and O–H groups in total. The minimum Gasteiger partial charge on any atom is -0.375 e. The molecular weight excluding hydrogens is 406 g/mol. The molecule has 5 nitrogen and oxygen atoms in total. The molecule has 6 heteroatoms. The van der Waals surface area contributed by atoms with Crippen molar-refractivity contribution in [2.75, 3.05) is 11.9 Å². The summed E-state index contributed by atoms with van der Waals surface area (Å²) in [5.41, 5.74) is 2.70. The van der Waals surface area contributed by atoms with E-state index in [1.165, 1.54) is 4.90 Å². The van der Waals surface area contributed by atoms with Gasteiger partial charge in [-0.2, -0.15) is 0 Å². The standard InChI is InChI=1S/C21H16BrN3O2/c22-15-10-16(12-23-11-15)24-19(14-6-2-1-3-7-14)13-25-20(26)17-8-4-5-9-18(17)21(25)27/h1-12,19,24H,13H2. The molecule has 1 aliphatic rings. The average Bonchev–Trinajstić information content (AvgIpc) is 2.93. The van der Waals surface area contributed by atoms with Gasteiger partial charge in [-0.05, 0) is 39.7 Å². The van der Waals surface area contributed by atoms with Crippen molar-refractivity contribution < 1.29 is 9.59 Å². The smallest absolute Gasteiger partial charge is 0.261 e. The van der Waals surface area contributed by atoms with Gasteiger partial charge < -0.3 is 5.32 Å². The summed E-state index contributed by atoms with van der Waals surface area (Å²) in [5.74, 6) is -0.517. The van der Waals surface area contributed by atoms with Gasteiger partial charge in [0.1, 0.15) is 0 Å². The second-order valence-electron chi connectivity index (χ2n) is 6.27. The molecule has 0 saturated carbocycles. The van der Waals surface area contributed by atoms with E-state index in [4.69, 9.17) is 0 Å². The highest BCUT2D eigenvalue weighted by molar-refractivity contribution is 9.10. The van der Waals surface area contributed by atoms with Crippen molar-refractivity contribution >= 4 is 33.4 Å². The van der Waals surface area contributed by atoms with Crippen LogP contribution in [0.15, 0.2) is 77.5 Å². The molecule has 0 aliphatic carbocycles. The van der Waals surface area contributed by atoms with Gasteiger partial charge in [0.25, 0.3) is 11.8 Å². The van der Waals surface area contributed by atoms with Crippen LogP contribution in [-0.2, 0) is 0 Å². The Bertz CT molecular complexity index is 972. The van der Waals surface area contributed by atoms with E-state index in [2.05, 4.69) is 26.2 Å². The summed E-state index contributed by atoms with van der Waals surface area (Å²) in [6.45, 7) is 0.225. The molecule has 0 spiro atoms. The SMILES string of the molecule is O=C1c2ccccc2C(=O)N1CC(Nc1cncc(Br)c1)c1ccccc1. The molecule has 1 unspecified atom stereocenters. The van der Waals surface area contributed by atoms with Gasteiger partial charge in [0.05, 0.1) is 35.6 Å². The normalized spacial score (nSPS) is 14.2. The Hall–Kier alpha value is -2.99. The van der Waals surface area contributed by atoms with E-state index < -0.39 is 0 Å². The van der Waals surface area contributed by atoms with Crippen molar-refractivity contribution in [1.82, 2.24) is 9.88 Å². The lowest BCUT2D eigenvalue weighted by atomic mass is 10.1. The summed E-state index contributed by atoms with van der Waals surface area (Å²) >= 11 is 3.41. The summed E-state index contributed by atoms with van der Waals surface area (Å²) in [4.78, 5) is 31.0. The average molecular weight is 422 g/mol. The first-order valence-corrected chi connectivity index (χ1v) is 9.30. The van der Waals surface area contributed by atoms with E-state index in [1.54, 1.807) is 36.7 Å². The number of amides is 2. The van der Waals surface area contributed by atoms with Crippen molar-refractivity contribution in [2.24, 2.45) is 0 Å². The second kappa shape index (κ2) is 7.32. The zero-order valence-corrected chi connectivity index (χ0v) is 15.9. The number of pyridine rings is 1. The number of anilines is 1. The van der Waals surface area contributed by atoms with Crippen molar-refractivity contribution in [1.29, 1.82) is 0 Å². The molecular formula is C21H16BrN3O2. The van der Waals surface area contributed by atoms with Crippen LogP contribution in [0.2, 0.25) is 0 Å². The topological polar surface area (TPSA) is 62.3 Å². The maximum Gasteiger partial charge on any atom is 0.261 e. The molecule has 0 radical (unpaired) electrons. The predicted octanol–water partition coefficient (Wildman–Crippen LogP) is 4.29. The van der Waals surface area contributed by atoms with Gasteiger partial charge >= 0.3 is 0 Å². The molecule has 1 aromatic heterocycles. The van der Waals surface area contributed by atoms with E-state index in [0.29, 0.717) is 11.1 Å². The number of halogens is 1. The molecule has 0 saturated heterocycles. The van der Waals surface area contributed by atoms with E-state index >= 15 is 0 Å². The van der Waals surface area contributed by atoms with Gasteiger partial charge in [-0.3, -0.25) is 19.5 Å². The fourth-order valence-corrected chi connectivity index (χ4v) is 3.56. The number of hydrogen-bond acceptors (Lipinski definition) is 4. The van der Waals surface area contributed by atoms with Crippen LogP contribution < -0.4 is 5.32 Å². The molecule has 2 heterocycles. The van der Waals surface area contributed by atoms with E-state index in [9.17, 15) is 9.59 Å². The first-order chi connectivity index (χ1) is 13.1. The Kier molecular flexibility index (Phi) is 4.73. The van der Waals surface area contributed by atoms with E-state index in [-0.39, 0.29) is 24.4 Å². The zero-order chi connectivity index (χ0) is 18.8. The van der Waals surface area contributed by atoms with Crippen LogP contribution in [0, 0.1) is 0 Å². The molecule has 1 atom stereocenters. The molecule has 27 heavy (non-hydrogen) atoms. The van der Waals surface area contributed by atoms with Crippen molar-refractivity contribution in [2.45, 2.75) is 6.04 Å². The highest BCUT2D eigenvalue weighted by Crippen LogP contribution is 2.27.